The smallest absolute Gasteiger partial charge is 0.245 e. The van der Waals surface area contributed by atoms with Gasteiger partial charge in [0.05, 0.1) is 11.8 Å². The molecule has 5 nitrogen and oxygen atoms in total. The molecule has 0 spiro atoms. The second kappa shape index (κ2) is 7.30. The zero-order valence-electron chi connectivity index (χ0n) is 15.6. The van der Waals surface area contributed by atoms with E-state index in [1.165, 1.54) is 4.90 Å². The molecule has 138 valence electrons. The van der Waals surface area contributed by atoms with E-state index in [1.54, 1.807) is 0 Å². The number of fused-ring (bicyclic) bond motifs is 1. The summed E-state index contributed by atoms with van der Waals surface area (Å²) >= 11 is 0. The molecular weight excluding hydrogens is 316 g/mol. The SMILES string of the molecule is CC(C)C[C@H](C(=O)N1CCC[C@H](C)C1)N1C(=O)[C@@H]2CC=CC[C@H]2C1=O. The van der Waals surface area contributed by atoms with Gasteiger partial charge in [0.15, 0.2) is 0 Å². The highest BCUT2D eigenvalue weighted by atomic mass is 16.2. The Balaban J connectivity index is 1.84. The van der Waals surface area contributed by atoms with Crippen LogP contribution in [0.1, 0.15) is 52.9 Å². The molecule has 0 aromatic carbocycles. The Kier molecular flexibility index (Phi) is 5.30. The van der Waals surface area contributed by atoms with Crippen molar-refractivity contribution < 1.29 is 14.4 Å². The summed E-state index contributed by atoms with van der Waals surface area (Å²) < 4.78 is 0. The lowest BCUT2D eigenvalue weighted by Crippen LogP contribution is -2.53. The summed E-state index contributed by atoms with van der Waals surface area (Å²) in [5.41, 5.74) is 0. The van der Waals surface area contributed by atoms with Crippen molar-refractivity contribution in [3.8, 4) is 0 Å². The van der Waals surface area contributed by atoms with Crippen molar-refractivity contribution in [1.82, 2.24) is 9.80 Å². The number of imide groups is 1. The van der Waals surface area contributed by atoms with Gasteiger partial charge < -0.3 is 4.90 Å². The monoisotopic (exact) mass is 346 g/mol. The second-order valence-electron chi connectivity index (χ2n) is 8.38. The third kappa shape index (κ3) is 3.51. The molecule has 2 heterocycles. The van der Waals surface area contributed by atoms with Gasteiger partial charge in [-0.3, -0.25) is 19.3 Å². The Labute approximate surface area is 150 Å². The van der Waals surface area contributed by atoms with E-state index < -0.39 is 6.04 Å². The first-order valence-corrected chi connectivity index (χ1v) is 9.70. The Hall–Kier alpha value is -1.65. The number of carbonyl (C=O) groups excluding carboxylic acids is 3. The fourth-order valence-electron chi connectivity index (χ4n) is 4.50. The van der Waals surface area contributed by atoms with Gasteiger partial charge in [0.25, 0.3) is 0 Å². The van der Waals surface area contributed by atoms with Crippen LogP contribution in [0.15, 0.2) is 12.2 Å². The predicted octanol–water partition coefficient (Wildman–Crippen LogP) is 2.61. The molecule has 0 radical (unpaired) electrons. The summed E-state index contributed by atoms with van der Waals surface area (Å²) in [6.07, 6.45) is 7.90. The van der Waals surface area contributed by atoms with Crippen LogP contribution in [-0.2, 0) is 14.4 Å². The highest BCUT2D eigenvalue weighted by molar-refractivity contribution is 6.08. The van der Waals surface area contributed by atoms with E-state index in [-0.39, 0.29) is 35.5 Å². The van der Waals surface area contributed by atoms with Crippen LogP contribution in [-0.4, -0.2) is 46.7 Å². The normalized spacial score (nSPS) is 30.8. The molecule has 0 N–H and O–H groups in total. The molecule has 2 aliphatic heterocycles. The largest absolute Gasteiger partial charge is 0.341 e. The predicted molar refractivity (Wildman–Crippen MR) is 95.4 cm³/mol. The van der Waals surface area contributed by atoms with Gasteiger partial charge in [-0.15, -0.1) is 0 Å². The van der Waals surface area contributed by atoms with E-state index in [0.29, 0.717) is 25.2 Å². The lowest BCUT2D eigenvalue weighted by atomic mass is 9.85. The highest BCUT2D eigenvalue weighted by Gasteiger charge is 2.51. The number of likely N-dealkylation sites (tertiary alicyclic amines) is 2. The second-order valence-corrected chi connectivity index (χ2v) is 8.38. The summed E-state index contributed by atoms with van der Waals surface area (Å²) in [6.45, 7) is 7.71. The van der Waals surface area contributed by atoms with Crippen molar-refractivity contribution in [2.75, 3.05) is 13.1 Å². The van der Waals surface area contributed by atoms with Crippen LogP contribution in [0.3, 0.4) is 0 Å². The van der Waals surface area contributed by atoms with Gasteiger partial charge in [-0.1, -0.05) is 32.9 Å². The summed E-state index contributed by atoms with van der Waals surface area (Å²) in [4.78, 5) is 42.3. The van der Waals surface area contributed by atoms with Crippen molar-refractivity contribution in [3.63, 3.8) is 0 Å². The molecule has 0 aromatic rings. The minimum atomic E-state index is -0.629. The molecule has 4 atom stereocenters. The quantitative estimate of drug-likeness (QED) is 0.581. The molecule has 3 aliphatic rings. The number of amides is 3. The summed E-state index contributed by atoms with van der Waals surface area (Å²) in [6, 6.07) is -0.629. The van der Waals surface area contributed by atoms with Crippen molar-refractivity contribution in [2.24, 2.45) is 23.7 Å². The molecule has 2 fully saturated rings. The average Bonchev–Trinajstić information content (AvgIpc) is 2.84. The maximum atomic E-state index is 13.2. The van der Waals surface area contributed by atoms with E-state index in [2.05, 4.69) is 6.92 Å². The zero-order chi connectivity index (χ0) is 18.1. The van der Waals surface area contributed by atoms with Gasteiger partial charge in [-0.25, -0.2) is 0 Å². The van der Waals surface area contributed by atoms with E-state index in [0.717, 1.165) is 25.9 Å². The number of carbonyl (C=O) groups is 3. The van der Waals surface area contributed by atoms with Crippen molar-refractivity contribution in [1.29, 1.82) is 0 Å². The van der Waals surface area contributed by atoms with Crippen LogP contribution in [0.25, 0.3) is 0 Å². The number of rotatable bonds is 4. The number of piperidine rings is 1. The van der Waals surface area contributed by atoms with E-state index in [1.807, 2.05) is 30.9 Å². The standard InChI is InChI=1S/C20H30N2O3/c1-13(2)11-17(20(25)21-10-6-7-14(3)12-21)22-18(23)15-8-4-5-9-16(15)19(22)24/h4-5,13-17H,6-12H2,1-3H3/t14-,15+,16+,17+/m0/s1. The van der Waals surface area contributed by atoms with Gasteiger partial charge >= 0.3 is 0 Å². The number of allylic oxidation sites excluding steroid dienone is 2. The molecule has 25 heavy (non-hydrogen) atoms. The first-order chi connectivity index (χ1) is 11.9. The zero-order valence-corrected chi connectivity index (χ0v) is 15.6. The van der Waals surface area contributed by atoms with Crippen molar-refractivity contribution >= 4 is 17.7 Å². The van der Waals surface area contributed by atoms with Crippen molar-refractivity contribution in [3.05, 3.63) is 12.2 Å². The lowest BCUT2D eigenvalue weighted by molar-refractivity contribution is -0.153. The van der Waals surface area contributed by atoms with E-state index in [4.69, 9.17) is 0 Å². The van der Waals surface area contributed by atoms with Gasteiger partial charge in [0.1, 0.15) is 6.04 Å². The Morgan fingerprint density at radius 2 is 1.76 bits per heavy atom. The third-order valence-corrected chi connectivity index (χ3v) is 5.80. The number of nitrogens with zero attached hydrogens (tertiary/aromatic N) is 2. The van der Waals surface area contributed by atoms with Crippen LogP contribution in [0.2, 0.25) is 0 Å². The van der Waals surface area contributed by atoms with Crippen LogP contribution < -0.4 is 0 Å². The molecule has 5 heteroatoms. The Morgan fingerprint density at radius 1 is 1.16 bits per heavy atom. The average molecular weight is 346 g/mol. The molecule has 2 saturated heterocycles. The Morgan fingerprint density at radius 3 is 2.28 bits per heavy atom. The van der Waals surface area contributed by atoms with Gasteiger partial charge in [-0.2, -0.15) is 0 Å². The molecule has 3 rings (SSSR count). The van der Waals surface area contributed by atoms with Gasteiger partial charge in [0.2, 0.25) is 17.7 Å². The van der Waals surface area contributed by atoms with Crippen LogP contribution in [0.4, 0.5) is 0 Å². The van der Waals surface area contributed by atoms with Crippen LogP contribution >= 0.6 is 0 Å². The molecule has 0 saturated carbocycles. The Bertz CT molecular complexity index is 557. The summed E-state index contributed by atoms with van der Waals surface area (Å²) in [5, 5.41) is 0. The summed E-state index contributed by atoms with van der Waals surface area (Å²) in [7, 11) is 0. The maximum Gasteiger partial charge on any atom is 0.245 e. The first kappa shape index (κ1) is 18.2. The van der Waals surface area contributed by atoms with Crippen LogP contribution in [0.5, 0.6) is 0 Å². The molecule has 0 bridgehead atoms. The highest BCUT2D eigenvalue weighted by Crippen LogP contribution is 2.37. The number of hydrogen-bond acceptors (Lipinski definition) is 3. The molecule has 3 amide bonds. The molecule has 1 aliphatic carbocycles. The topological polar surface area (TPSA) is 57.7 Å². The van der Waals surface area contributed by atoms with E-state index in [9.17, 15) is 14.4 Å². The van der Waals surface area contributed by atoms with Crippen molar-refractivity contribution in [2.45, 2.75) is 58.9 Å². The fraction of sp³-hybridized carbons (Fsp3) is 0.750. The number of hydrogen-bond donors (Lipinski definition) is 0. The molecular formula is C20H30N2O3. The van der Waals surface area contributed by atoms with Crippen LogP contribution in [0, 0.1) is 23.7 Å². The fourth-order valence-corrected chi connectivity index (χ4v) is 4.50. The van der Waals surface area contributed by atoms with E-state index >= 15 is 0 Å². The molecule has 0 unspecified atom stereocenters. The minimum absolute atomic E-state index is 0.0337. The molecule has 0 aromatic heterocycles. The first-order valence-electron chi connectivity index (χ1n) is 9.70. The van der Waals surface area contributed by atoms with Gasteiger partial charge in [-0.05, 0) is 43.9 Å². The maximum absolute atomic E-state index is 13.2. The lowest BCUT2D eigenvalue weighted by Gasteiger charge is -2.36. The summed E-state index contributed by atoms with van der Waals surface area (Å²) in [5.74, 6) is -0.104. The minimum Gasteiger partial charge on any atom is -0.341 e. The van der Waals surface area contributed by atoms with Gasteiger partial charge in [0, 0.05) is 13.1 Å². The third-order valence-electron chi connectivity index (χ3n) is 5.80.